The number of hydrogen-bond acceptors (Lipinski definition) is 7. The molecule has 10 heteroatoms. The van der Waals surface area contributed by atoms with Crippen LogP contribution in [-0.2, 0) is 24.3 Å². The number of hydrogen-bond donors (Lipinski definition) is 2. The molecule has 1 aliphatic carbocycles. The Labute approximate surface area is 163 Å². The van der Waals surface area contributed by atoms with Gasteiger partial charge in [-0.05, 0) is 38.3 Å². The summed E-state index contributed by atoms with van der Waals surface area (Å²) in [5.41, 5.74) is 0. The molecule has 2 aliphatic rings. The molecular formula is C18H24N2O7S. The van der Waals surface area contributed by atoms with E-state index in [-0.39, 0.29) is 36.2 Å². The minimum atomic E-state index is -3.74. The molecule has 154 valence electrons. The molecule has 0 saturated heterocycles. The van der Waals surface area contributed by atoms with E-state index >= 15 is 0 Å². The lowest BCUT2D eigenvalue weighted by molar-refractivity contribution is -0.154. The van der Waals surface area contributed by atoms with E-state index in [1.54, 1.807) is 6.07 Å². The van der Waals surface area contributed by atoms with Gasteiger partial charge in [-0.1, -0.05) is 0 Å². The van der Waals surface area contributed by atoms with Crippen molar-refractivity contribution in [1.82, 2.24) is 10.0 Å². The third-order valence-corrected chi connectivity index (χ3v) is 5.73. The largest absolute Gasteiger partial charge is 0.486 e. The Bertz CT molecular complexity index is 836. The van der Waals surface area contributed by atoms with Crippen LogP contribution in [0.2, 0.25) is 0 Å². The van der Waals surface area contributed by atoms with E-state index in [1.165, 1.54) is 19.1 Å². The van der Waals surface area contributed by atoms with E-state index in [2.05, 4.69) is 10.0 Å². The molecule has 1 aromatic carbocycles. The predicted octanol–water partition coefficient (Wildman–Crippen LogP) is 0.727. The van der Waals surface area contributed by atoms with Crippen LogP contribution in [0.5, 0.6) is 11.5 Å². The van der Waals surface area contributed by atoms with Gasteiger partial charge >= 0.3 is 5.97 Å². The molecule has 1 aliphatic heterocycles. The molecule has 1 amide bonds. The number of carbonyl (C=O) groups excluding carboxylic acids is 2. The zero-order valence-corrected chi connectivity index (χ0v) is 16.4. The fraction of sp³-hybridized carbons (Fsp3) is 0.556. The summed E-state index contributed by atoms with van der Waals surface area (Å²) in [7, 11) is -3.74. The number of nitrogens with one attached hydrogen (secondary N) is 2. The highest BCUT2D eigenvalue weighted by atomic mass is 32.2. The minimum absolute atomic E-state index is 0.00467. The Hall–Kier alpha value is -2.33. The van der Waals surface area contributed by atoms with Crippen molar-refractivity contribution < 1.29 is 32.2 Å². The number of ether oxygens (including phenoxy) is 3. The highest BCUT2D eigenvalue weighted by molar-refractivity contribution is 7.89. The normalized spacial score (nSPS) is 16.9. The Morgan fingerprint density at radius 1 is 1.21 bits per heavy atom. The summed E-state index contributed by atoms with van der Waals surface area (Å²) >= 11 is 0. The summed E-state index contributed by atoms with van der Waals surface area (Å²) in [5, 5.41) is 2.76. The molecular weight excluding hydrogens is 388 g/mol. The van der Waals surface area contributed by atoms with Gasteiger partial charge in [-0.15, -0.1) is 0 Å². The zero-order valence-electron chi connectivity index (χ0n) is 15.6. The second-order valence-corrected chi connectivity index (χ2v) is 8.49. The van der Waals surface area contributed by atoms with E-state index in [1.807, 2.05) is 0 Å². The molecule has 9 nitrogen and oxygen atoms in total. The van der Waals surface area contributed by atoms with Gasteiger partial charge in [0.1, 0.15) is 13.2 Å². The molecule has 1 fully saturated rings. The van der Waals surface area contributed by atoms with Crippen LogP contribution in [0.25, 0.3) is 0 Å². The summed E-state index contributed by atoms with van der Waals surface area (Å²) in [6, 6.07) is 4.59. The lowest BCUT2D eigenvalue weighted by Gasteiger charge is -2.19. The molecule has 0 spiro atoms. The van der Waals surface area contributed by atoms with Gasteiger partial charge in [0.05, 0.1) is 4.90 Å². The molecule has 28 heavy (non-hydrogen) atoms. The predicted molar refractivity (Wildman–Crippen MR) is 98.6 cm³/mol. The lowest BCUT2D eigenvalue weighted by atomic mass is 10.3. The van der Waals surface area contributed by atoms with Gasteiger partial charge in [-0.2, -0.15) is 0 Å². The molecule has 2 N–H and O–H groups in total. The van der Waals surface area contributed by atoms with Gasteiger partial charge in [-0.3, -0.25) is 9.59 Å². The van der Waals surface area contributed by atoms with Crippen LogP contribution < -0.4 is 19.5 Å². The topological polar surface area (TPSA) is 120 Å². The van der Waals surface area contributed by atoms with Crippen LogP contribution in [0.15, 0.2) is 23.1 Å². The molecule has 1 atom stereocenters. The number of fused-ring (bicyclic) bond motifs is 1. The van der Waals surface area contributed by atoms with Crippen LogP contribution in [0.3, 0.4) is 0 Å². The molecule has 0 unspecified atom stereocenters. The van der Waals surface area contributed by atoms with Gasteiger partial charge < -0.3 is 19.5 Å². The van der Waals surface area contributed by atoms with Crippen molar-refractivity contribution in [2.75, 3.05) is 19.8 Å². The molecule has 0 aromatic heterocycles. The average Bonchev–Trinajstić information content (AvgIpc) is 3.48. The van der Waals surface area contributed by atoms with Gasteiger partial charge in [0.25, 0.3) is 5.91 Å². The third kappa shape index (κ3) is 5.59. The number of sulfonamides is 1. The lowest BCUT2D eigenvalue weighted by Crippen LogP contribution is -2.37. The van der Waals surface area contributed by atoms with Gasteiger partial charge in [0.2, 0.25) is 10.0 Å². The van der Waals surface area contributed by atoms with Gasteiger partial charge in [-0.25, -0.2) is 13.1 Å². The Morgan fingerprint density at radius 2 is 1.93 bits per heavy atom. The van der Waals surface area contributed by atoms with E-state index in [0.717, 1.165) is 12.8 Å². The number of esters is 1. The monoisotopic (exact) mass is 412 g/mol. The van der Waals surface area contributed by atoms with E-state index in [9.17, 15) is 18.0 Å². The number of benzene rings is 1. The number of rotatable bonds is 9. The molecule has 1 saturated carbocycles. The molecule has 1 heterocycles. The van der Waals surface area contributed by atoms with Crippen LogP contribution in [-0.4, -0.2) is 52.2 Å². The Morgan fingerprint density at radius 3 is 2.64 bits per heavy atom. The zero-order chi connectivity index (χ0) is 20.1. The quantitative estimate of drug-likeness (QED) is 0.453. The van der Waals surface area contributed by atoms with Crippen LogP contribution in [0.4, 0.5) is 0 Å². The Kier molecular flexibility index (Phi) is 6.40. The number of carbonyl (C=O) groups is 2. The first-order chi connectivity index (χ1) is 13.3. The first kappa shape index (κ1) is 20.4. The summed E-state index contributed by atoms with van der Waals surface area (Å²) in [6.45, 7) is 2.37. The van der Waals surface area contributed by atoms with E-state index in [0.29, 0.717) is 24.7 Å². The van der Waals surface area contributed by atoms with Gasteiger partial charge in [0, 0.05) is 25.1 Å². The van der Waals surface area contributed by atoms with Crippen molar-refractivity contribution in [3.05, 3.63) is 18.2 Å². The minimum Gasteiger partial charge on any atom is -0.486 e. The maximum atomic E-state index is 12.4. The van der Waals surface area contributed by atoms with Crippen molar-refractivity contribution in [3.63, 3.8) is 0 Å². The maximum Gasteiger partial charge on any atom is 0.306 e. The second-order valence-electron chi connectivity index (χ2n) is 6.72. The van der Waals surface area contributed by atoms with E-state index in [4.69, 9.17) is 14.2 Å². The smallest absolute Gasteiger partial charge is 0.306 e. The highest BCUT2D eigenvalue weighted by Gasteiger charge is 2.27. The summed E-state index contributed by atoms with van der Waals surface area (Å²) < 4.78 is 43.0. The average molecular weight is 412 g/mol. The standard InChI is InChI=1S/C18H24N2O7S/c1-12(18(22)20-13-4-5-13)27-17(21)3-2-8-19-28(23,24)14-6-7-15-16(11-14)26-10-9-25-15/h6-7,11-13,19H,2-5,8-10H2,1H3,(H,20,22)/t12-/m0/s1. The van der Waals surface area contributed by atoms with Crippen LogP contribution >= 0.6 is 0 Å². The molecule has 3 rings (SSSR count). The highest BCUT2D eigenvalue weighted by Crippen LogP contribution is 2.32. The summed E-state index contributed by atoms with van der Waals surface area (Å²) in [5.74, 6) is 0.0380. The van der Waals surface area contributed by atoms with Crippen molar-refractivity contribution in [2.45, 2.75) is 49.6 Å². The number of amides is 1. The second kappa shape index (κ2) is 8.78. The third-order valence-electron chi connectivity index (χ3n) is 4.27. The fourth-order valence-corrected chi connectivity index (χ4v) is 3.66. The van der Waals surface area contributed by atoms with Crippen molar-refractivity contribution in [2.24, 2.45) is 0 Å². The van der Waals surface area contributed by atoms with Gasteiger partial charge in [0.15, 0.2) is 17.6 Å². The fourth-order valence-electron chi connectivity index (χ4n) is 2.57. The molecule has 0 bridgehead atoms. The molecule has 1 aromatic rings. The SMILES string of the molecule is C[C@H](OC(=O)CCCNS(=O)(=O)c1ccc2c(c1)OCCO2)C(=O)NC1CC1. The molecule has 0 radical (unpaired) electrons. The first-order valence-corrected chi connectivity index (χ1v) is 10.7. The Balaban J connectivity index is 1.41. The van der Waals surface area contributed by atoms with Crippen LogP contribution in [0.1, 0.15) is 32.6 Å². The summed E-state index contributed by atoms with van der Waals surface area (Å²) in [6.07, 6.45) is 1.30. The first-order valence-electron chi connectivity index (χ1n) is 9.24. The van der Waals surface area contributed by atoms with Crippen molar-refractivity contribution in [1.29, 1.82) is 0 Å². The summed E-state index contributed by atoms with van der Waals surface area (Å²) in [4.78, 5) is 23.6. The van der Waals surface area contributed by atoms with Crippen LogP contribution in [0, 0.1) is 0 Å². The van der Waals surface area contributed by atoms with Crippen molar-refractivity contribution >= 4 is 21.9 Å². The van der Waals surface area contributed by atoms with E-state index < -0.39 is 22.1 Å². The van der Waals surface area contributed by atoms with Crippen molar-refractivity contribution in [3.8, 4) is 11.5 Å². The maximum absolute atomic E-state index is 12.4.